The largest absolute Gasteiger partial charge is 0.388 e. The Balaban J connectivity index is 2.34. The Labute approximate surface area is 78.9 Å². The minimum Gasteiger partial charge on any atom is -0.388 e. The van der Waals surface area contributed by atoms with Gasteiger partial charge in [0.2, 0.25) is 5.91 Å². The van der Waals surface area contributed by atoms with Crippen LogP contribution in [0.3, 0.4) is 0 Å². The van der Waals surface area contributed by atoms with Crippen molar-refractivity contribution >= 4 is 5.91 Å². The maximum Gasteiger partial charge on any atom is 0.237 e. The van der Waals surface area contributed by atoms with Crippen LogP contribution in [0.5, 0.6) is 0 Å². The number of rotatable bonds is 3. The molecule has 0 bridgehead atoms. The maximum atomic E-state index is 11.4. The molecular weight excluding hydrogens is 168 g/mol. The number of hydrogen-bond acceptors (Lipinski definition) is 3. The lowest BCUT2D eigenvalue weighted by Crippen LogP contribution is -2.64. The van der Waals surface area contributed by atoms with Gasteiger partial charge in [-0.1, -0.05) is 0 Å². The molecule has 1 amide bonds. The topological polar surface area (TPSA) is 52.6 Å². The zero-order valence-electron chi connectivity index (χ0n) is 8.50. The average molecular weight is 186 g/mol. The summed E-state index contributed by atoms with van der Waals surface area (Å²) in [5, 5.41) is 12.2. The van der Waals surface area contributed by atoms with Crippen molar-refractivity contribution in [2.75, 3.05) is 19.6 Å². The molecule has 0 saturated carbocycles. The minimum atomic E-state index is -0.596. The second kappa shape index (κ2) is 3.64. The Morgan fingerprint density at radius 3 is 2.62 bits per heavy atom. The molecule has 0 aromatic rings. The van der Waals surface area contributed by atoms with Gasteiger partial charge in [-0.15, -0.1) is 0 Å². The van der Waals surface area contributed by atoms with Gasteiger partial charge in [-0.2, -0.15) is 0 Å². The molecular formula is C9H18N2O2. The van der Waals surface area contributed by atoms with E-state index in [4.69, 9.17) is 0 Å². The molecule has 4 heteroatoms. The molecule has 76 valence electrons. The molecule has 1 aliphatic heterocycles. The average Bonchev–Trinajstić information content (AvgIpc) is 1.99. The van der Waals surface area contributed by atoms with Crippen molar-refractivity contribution in [1.29, 1.82) is 0 Å². The Hall–Kier alpha value is -0.610. The number of likely N-dealkylation sites (N-methyl/N-ethyl adjacent to an activating group) is 1. The fraction of sp³-hybridized carbons (Fsp3) is 0.889. The lowest BCUT2D eigenvalue weighted by atomic mass is 9.95. The Morgan fingerprint density at radius 2 is 2.23 bits per heavy atom. The Kier molecular flexibility index (Phi) is 2.93. The predicted octanol–water partition coefficient (Wildman–Crippen LogP) is -0.422. The van der Waals surface area contributed by atoms with Crippen molar-refractivity contribution in [2.45, 2.75) is 32.4 Å². The van der Waals surface area contributed by atoms with Gasteiger partial charge in [0, 0.05) is 19.6 Å². The zero-order chi connectivity index (χ0) is 10.1. The van der Waals surface area contributed by atoms with Gasteiger partial charge < -0.3 is 10.4 Å². The third-order valence-corrected chi connectivity index (χ3v) is 2.37. The number of carbonyl (C=O) groups excluding carboxylic acids is 1. The van der Waals surface area contributed by atoms with Crippen LogP contribution in [0.1, 0.15) is 20.8 Å². The van der Waals surface area contributed by atoms with Crippen LogP contribution in [-0.4, -0.2) is 47.2 Å². The summed E-state index contributed by atoms with van der Waals surface area (Å²) in [5.41, 5.74) is -0.596. The van der Waals surface area contributed by atoms with Gasteiger partial charge in [0.1, 0.15) is 0 Å². The van der Waals surface area contributed by atoms with E-state index in [1.54, 1.807) is 6.92 Å². The fourth-order valence-electron chi connectivity index (χ4n) is 1.59. The third-order valence-electron chi connectivity index (χ3n) is 2.37. The summed E-state index contributed by atoms with van der Waals surface area (Å²) in [5.74, 6) is 0.0398. The first-order valence-corrected chi connectivity index (χ1v) is 4.70. The molecule has 0 spiro atoms. The number of hydrogen-bond donors (Lipinski definition) is 2. The normalized spacial score (nSPS) is 23.4. The summed E-state index contributed by atoms with van der Waals surface area (Å²) >= 11 is 0. The summed E-state index contributed by atoms with van der Waals surface area (Å²) < 4.78 is 0. The van der Waals surface area contributed by atoms with E-state index >= 15 is 0 Å². The number of carbonyl (C=O) groups is 1. The Morgan fingerprint density at radius 1 is 1.69 bits per heavy atom. The van der Waals surface area contributed by atoms with E-state index in [2.05, 4.69) is 5.32 Å². The van der Waals surface area contributed by atoms with Crippen LogP contribution >= 0.6 is 0 Å². The standard InChI is InChI=1S/C9H18N2O2/c1-4-10-8(12)7(2)11-5-9(3,13)6-11/h7,13H,4-6H2,1-3H3,(H,10,12). The van der Waals surface area contributed by atoms with E-state index in [1.807, 2.05) is 18.7 Å². The number of nitrogens with one attached hydrogen (secondary N) is 1. The van der Waals surface area contributed by atoms with Gasteiger partial charge in [0.05, 0.1) is 11.6 Å². The van der Waals surface area contributed by atoms with E-state index in [1.165, 1.54) is 0 Å². The molecule has 1 fully saturated rings. The summed E-state index contributed by atoms with van der Waals surface area (Å²) in [4.78, 5) is 13.3. The highest BCUT2D eigenvalue weighted by Crippen LogP contribution is 2.21. The molecule has 1 atom stereocenters. The summed E-state index contributed by atoms with van der Waals surface area (Å²) in [7, 11) is 0. The molecule has 0 aromatic carbocycles. The van der Waals surface area contributed by atoms with Crippen LogP contribution in [0.2, 0.25) is 0 Å². The van der Waals surface area contributed by atoms with E-state index in [0.717, 1.165) is 0 Å². The molecule has 1 saturated heterocycles. The van der Waals surface area contributed by atoms with Gasteiger partial charge in [-0.25, -0.2) is 0 Å². The van der Waals surface area contributed by atoms with Crippen LogP contribution in [0.4, 0.5) is 0 Å². The first kappa shape index (κ1) is 10.5. The molecule has 4 nitrogen and oxygen atoms in total. The van der Waals surface area contributed by atoms with Gasteiger partial charge in [0.15, 0.2) is 0 Å². The number of aliphatic hydroxyl groups is 1. The monoisotopic (exact) mass is 186 g/mol. The van der Waals surface area contributed by atoms with Crippen molar-refractivity contribution < 1.29 is 9.90 Å². The second-order valence-electron chi connectivity index (χ2n) is 3.97. The molecule has 1 rings (SSSR count). The fourth-order valence-corrected chi connectivity index (χ4v) is 1.59. The molecule has 0 radical (unpaired) electrons. The van der Waals surface area contributed by atoms with Gasteiger partial charge >= 0.3 is 0 Å². The lowest BCUT2D eigenvalue weighted by Gasteiger charge is -2.46. The smallest absolute Gasteiger partial charge is 0.237 e. The lowest BCUT2D eigenvalue weighted by molar-refractivity contribution is -0.138. The van der Waals surface area contributed by atoms with E-state index in [0.29, 0.717) is 19.6 Å². The molecule has 1 aliphatic rings. The van der Waals surface area contributed by atoms with Crippen LogP contribution in [0.25, 0.3) is 0 Å². The molecule has 1 heterocycles. The minimum absolute atomic E-state index is 0.0398. The van der Waals surface area contributed by atoms with Crippen LogP contribution in [-0.2, 0) is 4.79 Å². The van der Waals surface area contributed by atoms with Crippen LogP contribution in [0.15, 0.2) is 0 Å². The SMILES string of the molecule is CCNC(=O)C(C)N1CC(C)(O)C1. The molecule has 0 aliphatic carbocycles. The first-order valence-electron chi connectivity index (χ1n) is 4.70. The molecule has 1 unspecified atom stereocenters. The number of nitrogens with zero attached hydrogens (tertiary/aromatic N) is 1. The highest BCUT2D eigenvalue weighted by Gasteiger charge is 2.40. The van der Waals surface area contributed by atoms with Gasteiger partial charge in [-0.3, -0.25) is 9.69 Å². The Bertz CT molecular complexity index is 196. The van der Waals surface area contributed by atoms with E-state index in [9.17, 15) is 9.90 Å². The van der Waals surface area contributed by atoms with Crippen molar-refractivity contribution in [3.8, 4) is 0 Å². The van der Waals surface area contributed by atoms with E-state index in [-0.39, 0.29) is 11.9 Å². The van der Waals surface area contributed by atoms with E-state index < -0.39 is 5.60 Å². The number of amides is 1. The number of β-amino-alcohol motifs (C(OH)–C–C–N with tert-alkyl or cyclic N) is 1. The summed E-state index contributed by atoms with van der Waals surface area (Å²) in [6.07, 6.45) is 0. The quantitative estimate of drug-likeness (QED) is 0.629. The van der Waals surface area contributed by atoms with Crippen molar-refractivity contribution in [3.63, 3.8) is 0 Å². The van der Waals surface area contributed by atoms with Crippen molar-refractivity contribution in [3.05, 3.63) is 0 Å². The highest BCUT2D eigenvalue weighted by atomic mass is 16.3. The molecule has 13 heavy (non-hydrogen) atoms. The van der Waals surface area contributed by atoms with Crippen LogP contribution < -0.4 is 5.32 Å². The van der Waals surface area contributed by atoms with Gasteiger partial charge in [0.25, 0.3) is 0 Å². The highest BCUT2D eigenvalue weighted by molar-refractivity contribution is 5.81. The maximum absolute atomic E-state index is 11.4. The molecule has 2 N–H and O–H groups in total. The third kappa shape index (κ3) is 2.42. The zero-order valence-corrected chi connectivity index (χ0v) is 8.50. The second-order valence-corrected chi connectivity index (χ2v) is 3.97. The summed E-state index contributed by atoms with van der Waals surface area (Å²) in [6.45, 7) is 7.38. The van der Waals surface area contributed by atoms with Crippen LogP contribution in [0, 0.1) is 0 Å². The first-order chi connectivity index (χ1) is 5.96. The van der Waals surface area contributed by atoms with Crippen molar-refractivity contribution in [1.82, 2.24) is 10.2 Å². The summed E-state index contributed by atoms with van der Waals surface area (Å²) in [6, 6.07) is -0.125. The van der Waals surface area contributed by atoms with Gasteiger partial charge in [-0.05, 0) is 20.8 Å². The molecule has 0 aromatic heterocycles. The predicted molar refractivity (Wildman–Crippen MR) is 50.3 cm³/mol. The van der Waals surface area contributed by atoms with Crippen molar-refractivity contribution in [2.24, 2.45) is 0 Å². The number of likely N-dealkylation sites (tertiary alicyclic amines) is 1.